The molecule has 0 atom stereocenters. The molecule has 0 spiro atoms. The predicted molar refractivity (Wildman–Crippen MR) is 57.3 cm³/mol. The number of aromatic nitrogens is 2. The maximum absolute atomic E-state index is 5.38. The zero-order valence-electron chi connectivity index (χ0n) is 9.58. The Hall–Kier alpha value is -0.830. The minimum Gasteiger partial charge on any atom is -0.379 e. The summed E-state index contributed by atoms with van der Waals surface area (Å²) in [6.07, 6.45) is 5.89. The van der Waals surface area contributed by atoms with Gasteiger partial charge in [-0.15, -0.1) is 0 Å². The van der Waals surface area contributed by atoms with Gasteiger partial charge in [0.1, 0.15) is 5.82 Å². The van der Waals surface area contributed by atoms with E-state index in [4.69, 9.17) is 4.74 Å². The molecule has 0 N–H and O–H groups in total. The lowest BCUT2D eigenvalue weighted by molar-refractivity contribution is 0.0119. The summed E-state index contributed by atoms with van der Waals surface area (Å²) in [7, 11) is 1.76. The second kappa shape index (κ2) is 4.60. The maximum Gasteiger partial charge on any atom is 0.108 e. The summed E-state index contributed by atoms with van der Waals surface area (Å²) < 4.78 is 7.57. The lowest BCUT2D eigenvalue weighted by Gasteiger charge is -2.23. The van der Waals surface area contributed by atoms with E-state index in [9.17, 15) is 0 Å². The van der Waals surface area contributed by atoms with Gasteiger partial charge in [0.25, 0.3) is 0 Å². The van der Waals surface area contributed by atoms with Crippen molar-refractivity contribution in [2.24, 2.45) is 0 Å². The van der Waals surface area contributed by atoms with Crippen LogP contribution in [0.1, 0.15) is 33.0 Å². The van der Waals surface area contributed by atoms with E-state index < -0.39 is 0 Å². The largest absolute Gasteiger partial charge is 0.379 e. The van der Waals surface area contributed by atoms with E-state index in [-0.39, 0.29) is 5.60 Å². The molecule has 0 aliphatic carbocycles. The van der Waals surface area contributed by atoms with Gasteiger partial charge in [-0.1, -0.05) is 6.92 Å². The first-order chi connectivity index (χ1) is 6.59. The molecule has 0 saturated carbocycles. The highest BCUT2D eigenvalue weighted by Gasteiger charge is 2.16. The van der Waals surface area contributed by atoms with Gasteiger partial charge in [-0.05, 0) is 20.3 Å². The molecule has 1 heterocycles. The van der Waals surface area contributed by atoms with Crippen molar-refractivity contribution in [1.82, 2.24) is 9.55 Å². The topological polar surface area (TPSA) is 27.1 Å². The number of hydrogen-bond acceptors (Lipinski definition) is 2. The minimum atomic E-state index is -0.0463. The average Bonchev–Trinajstić information content (AvgIpc) is 2.62. The molecule has 0 radical (unpaired) electrons. The smallest absolute Gasteiger partial charge is 0.108 e. The number of imidazole rings is 1. The fraction of sp³-hybridized carbons (Fsp3) is 0.727. The molecule has 0 fully saturated rings. The highest BCUT2D eigenvalue weighted by Crippen LogP contribution is 2.14. The second-order valence-electron chi connectivity index (χ2n) is 4.10. The normalized spacial score (nSPS) is 12.0. The number of rotatable bonds is 5. The van der Waals surface area contributed by atoms with Crippen LogP contribution in [0, 0.1) is 0 Å². The van der Waals surface area contributed by atoms with E-state index >= 15 is 0 Å². The standard InChI is InChI=1S/C11H20N2O/c1-5-10-12-7-9-13(10)8-6-11(2,3)14-4/h7,9H,5-6,8H2,1-4H3. The molecule has 3 heteroatoms. The van der Waals surface area contributed by atoms with Gasteiger partial charge < -0.3 is 9.30 Å². The zero-order valence-corrected chi connectivity index (χ0v) is 9.58. The summed E-state index contributed by atoms with van der Waals surface area (Å²) in [5.74, 6) is 1.15. The Kier molecular flexibility index (Phi) is 3.69. The van der Waals surface area contributed by atoms with Crippen molar-refractivity contribution in [1.29, 1.82) is 0 Å². The molecule has 0 aliphatic heterocycles. The summed E-state index contributed by atoms with van der Waals surface area (Å²) in [4.78, 5) is 4.28. The van der Waals surface area contributed by atoms with Crippen molar-refractivity contribution >= 4 is 0 Å². The van der Waals surface area contributed by atoms with Crippen LogP contribution >= 0.6 is 0 Å². The molecule has 0 unspecified atom stereocenters. The lowest BCUT2D eigenvalue weighted by atomic mass is 10.1. The van der Waals surface area contributed by atoms with E-state index in [2.05, 4.69) is 30.3 Å². The average molecular weight is 196 g/mol. The van der Waals surface area contributed by atoms with Crippen LogP contribution in [-0.4, -0.2) is 22.3 Å². The fourth-order valence-corrected chi connectivity index (χ4v) is 1.35. The van der Waals surface area contributed by atoms with Crippen LogP contribution in [0.2, 0.25) is 0 Å². The molecule has 0 aliphatic rings. The molecule has 0 amide bonds. The Labute approximate surface area is 86.1 Å². The van der Waals surface area contributed by atoms with Crippen molar-refractivity contribution in [3.8, 4) is 0 Å². The molecule has 1 rings (SSSR count). The van der Waals surface area contributed by atoms with E-state index in [0.717, 1.165) is 25.2 Å². The lowest BCUT2D eigenvalue weighted by Crippen LogP contribution is -2.24. The summed E-state index contributed by atoms with van der Waals surface area (Å²) in [6.45, 7) is 7.31. The van der Waals surface area contributed by atoms with E-state index in [1.54, 1.807) is 7.11 Å². The summed E-state index contributed by atoms with van der Waals surface area (Å²) >= 11 is 0. The van der Waals surface area contributed by atoms with Crippen molar-refractivity contribution in [2.45, 2.75) is 45.8 Å². The Morgan fingerprint density at radius 2 is 2.21 bits per heavy atom. The number of nitrogens with zero attached hydrogens (tertiary/aromatic N) is 2. The first kappa shape index (κ1) is 11.2. The molecule has 1 aromatic rings. The van der Waals surface area contributed by atoms with Crippen LogP contribution in [0.3, 0.4) is 0 Å². The highest BCUT2D eigenvalue weighted by molar-refractivity contribution is 4.91. The van der Waals surface area contributed by atoms with Gasteiger partial charge >= 0.3 is 0 Å². The molecule has 0 aromatic carbocycles. The number of hydrogen-bond donors (Lipinski definition) is 0. The Bertz CT molecular complexity index is 279. The molecule has 1 aromatic heterocycles. The van der Waals surface area contributed by atoms with Crippen LogP contribution < -0.4 is 0 Å². The molecular weight excluding hydrogens is 176 g/mol. The van der Waals surface area contributed by atoms with Gasteiger partial charge in [-0.3, -0.25) is 0 Å². The number of aryl methyl sites for hydroxylation is 2. The van der Waals surface area contributed by atoms with Gasteiger partial charge in [0.2, 0.25) is 0 Å². The second-order valence-corrected chi connectivity index (χ2v) is 4.10. The van der Waals surface area contributed by atoms with Crippen LogP contribution in [-0.2, 0) is 17.7 Å². The van der Waals surface area contributed by atoms with Crippen molar-refractivity contribution in [3.63, 3.8) is 0 Å². The fourth-order valence-electron chi connectivity index (χ4n) is 1.35. The van der Waals surface area contributed by atoms with Crippen molar-refractivity contribution < 1.29 is 4.74 Å². The summed E-state index contributed by atoms with van der Waals surface area (Å²) in [6, 6.07) is 0. The van der Waals surface area contributed by atoms with E-state index in [1.165, 1.54) is 0 Å². The third kappa shape index (κ3) is 2.84. The Morgan fingerprint density at radius 3 is 2.79 bits per heavy atom. The summed E-state index contributed by atoms with van der Waals surface area (Å²) in [5, 5.41) is 0. The Morgan fingerprint density at radius 1 is 1.50 bits per heavy atom. The highest BCUT2D eigenvalue weighted by atomic mass is 16.5. The van der Waals surface area contributed by atoms with Gasteiger partial charge in [-0.2, -0.15) is 0 Å². The molecule has 3 nitrogen and oxygen atoms in total. The molecular formula is C11H20N2O. The minimum absolute atomic E-state index is 0.0463. The van der Waals surface area contributed by atoms with Crippen LogP contribution in [0.15, 0.2) is 12.4 Å². The first-order valence-electron chi connectivity index (χ1n) is 5.14. The number of methoxy groups -OCH3 is 1. The molecule has 14 heavy (non-hydrogen) atoms. The van der Waals surface area contributed by atoms with E-state index in [1.807, 2.05) is 12.4 Å². The maximum atomic E-state index is 5.38. The number of ether oxygens (including phenoxy) is 1. The third-order valence-corrected chi connectivity index (χ3v) is 2.63. The van der Waals surface area contributed by atoms with Gasteiger partial charge in [-0.25, -0.2) is 4.98 Å². The molecule has 0 saturated heterocycles. The summed E-state index contributed by atoms with van der Waals surface area (Å²) in [5.41, 5.74) is -0.0463. The van der Waals surface area contributed by atoms with Gasteiger partial charge in [0, 0.05) is 32.5 Å². The van der Waals surface area contributed by atoms with Crippen molar-refractivity contribution in [2.75, 3.05) is 7.11 Å². The van der Waals surface area contributed by atoms with Crippen LogP contribution in [0.5, 0.6) is 0 Å². The quantitative estimate of drug-likeness (QED) is 0.722. The monoisotopic (exact) mass is 196 g/mol. The predicted octanol–water partition coefficient (Wildman–Crippen LogP) is 2.26. The van der Waals surface area contributed by atoms with Crippen LogP contribution in [0.4, 0.5) is 0 Å². The van der Waals surface area contributed by atoms with E-state index in [0.29, 0.717) is 0 Å². The van der Waals surface area contributed by atoms with Gasteiger partial charge in [0.15, 0.2) is 0 Å². The Balaban J connectivity index is 2.53. The SMILES string of the molecule is CCc1nccn1CCC(C)(C)OC. The zero-order chi connectivity index (χ0) is 10.6. The molecule has 80 valence electrons. The van der Waals surface area contributed by atoms with Gasteiger partial charge in [0.05, 0.1) is 5.60 Å². The van der Waals surface area contributed by atoms with Crippen molar-refractivity contribution in [3.05, 3.63) is 18.2 Å². The molecule has 0 bridgehead atoms. The van der Waals surface area contributed by atoms with Crippen LogP contribution in [0.25, 0.3) is 0 Å². The first-order valence-corrected chi connectivity index (χ1v) is 5.14. The third-order valence-electron chi connectivity index (χ3n) is 2.63.